The number of rotatable bonds is 9. The Kier molecular flexibility index (Phi) is 11.2. The summed E-state index contributed by atoms with van der Waals surface area (Å²) in [6, 6.07) is 3.77. The summed E-state index contributed by atoms with van der Waals surface area (Å²) >= 11 is 0. The Morgan fingerprint density at radius 3 is 2.57 bits per heavy atom. The average molecular weight is 798 g/mol. The van der Waals surface area contributed by atoms with Gasteiger partial charge in [-0.1, -0.05) is 19.9 Å². The van der Waals surface area contributed by atoms with Crippen molar-refractivity contribution in [3.8, 4) is 17.4 Å². The van der Waals surface area contributed by atoms with Gasteiger partial charge in [-0.15, -0.1) is 6.58 Å². The van der Waals surface area contributed by atoms with E-state index in [0.29, 0.717) is 42.2 Å². The second-order valence-electron chi connectivity index (χ2n) is 17.0. The van der Waals surface area contributed by atoms with E-state index in [1.165, 1.54) is 11.0 Å². The lowest BCUT2D eigenvalue weighted by atomic mass is 9.87. The highest BCUT2D eigenvalue weighted by atomic mass is 32.2. The topological polar surface area (TPSA) is 195 Å². The minimum absolute atomic E-state index is 0.0346. The first-order chi connectivity index (χ1) is 26.6. The van der Waals surface area contributed by atoms with Crippen LogP contribution in [0.5, 0.6) is 17.4 Å². The van der Waals surface area contributed by atoms with E-state index < -0.39 is 69.1 Å². The number of cyclic esters (lactones) is 1. The number of carbonyl (C=O) groups excluding carboxylic acids is 3. The number of nitrogens with zero attached hydrogens (tertiary/aromatic N) is 2. The highest BCUT2D eigenvalue weighted by molar-refractivity contribution is 7.91. The van der Waals surface area contributed by atoms with Crippen molar-refractivity contribution in [3.63, 3.8) is 0 Å². The van der Waals surface area contributed by atoms with Gasteiger partial charge in [0.2, 0.25) is 21.8 Å². The maximum absolute atomic E-state index is 14.3. The molecule has 2 aromatic rings. The number of aryl methyl sites for hydroxylation is 1. The Labute approximate surface area is 328 Å². The standard InChI is InChI=1S/C40H55N5O10S/c1-6-25-20-40(25,37(48)44-56(50,51)28-13-14-28)43-35(46)31-17-27-21-45(31)36(47)23(2)41-38(49)53-22-39(3,4)15-9-10-24-16-29-30(18-32(24)52-5)42-34(19-33(29)54-27)55-26-11-7-8-12-26/h6,16,18-19,23,25-28,31,36,47H,1,7-15,17,20-22H2,2-5H3,(H,41,49)(H,43,46)(H,44,48)/t23-,25+,27+,31-,36?,40+/m0/s1. The number of fused-ring (bicyclic) bond motifs is 3. The molecule has 3 saturated carbocycles. The van der Waals surface area contributed by atoms with Crippen molar-refractivity contribution in [2.75, 3.05) is 20.3 Å². The predicted molar refractivity (Wildman–Crippen MR) is 207 cm³/mol. The van der Waals surface area contributed by atoms with Gasteiger partial charge in [-0.25, -0.2) is 18.2 Å². The fourth-order valence-corrected chi connectivity index (χ4v) is 9.66. The summed E-state index contributed by atoms with van der Waals surface area (Å²) < 4.78 is 52.2. The van der Waals surface area contributed by atoms with Gasteiger partial charge in [0.15, 0.2) is 0 Å². The van der Waals surface area contributed by atoms with Crippen LogP contribution < -0.4 is 29.6 Å². The third-order valence-corrected chi connectivity index (χ3v) is 13.7. The van der Waals surface area contributed by atoms with Crippen LogP contribution in [0.25, 0.3) is 10.9 Å². The molecule has 16 heteroatoms. The molecule has 5 aliphatic rings. The molecule has 306 valence electrons. The molecule has 7 atom stereocenters. The van der Waals surface area contributed by atoms with Crippen molar-refractivity contribution in [3.05, 3.63) is 36.4 Å². The molecular weight excluding hydrogens is 743 g/mol. The van der Waals surface area contributed by atoms with Crippen LogP contribution in [0.4, 0.5) is 4.79 Å². The van der Waals surface area contributed by atoms with Crippen LogP contribution >= 0.6 is 0 Å². The van der Waals surface area contributed by atoms with Crippen LogP contribution in [0, 0.1) is 11.3 Å². The van der Waals surface area contributed by atoms with Gasteiger partial charge >= 0.3 is 6.09 Å². The van der Waals surface area contributed by atoms with Crippen LogP contribution in [-0.4, -0.2) is 103 Å². The molecule has 3 aliphatic carbocycles. The number of pyridine rings is 1. The summed E-state index contributed by atoms with van der Waals surface area (Å²) in [5, 5.41) is 17.4. The first-order valence-corrected chi connectivity index (χ1v) is 21.4. The number of amides is 3. The number of aliphatic hydroxyl groups is 1. The number of aromatic nitrogens is 1. The number of hydrogen-bond donors (Lipinski definition) is 4. The molecule has 15 nitrogen and oxygen atoms in total. The predicted octanol–water partition coefficient (Wildman–Crippen LogP) is 3.85. The summed E-state index contributed by atoms with van der Waals surface area (Å²) in [5.41, 5.74) is -0.297. The summed E-state index contributed by atoms with van der Waals surface area (Å²) in [6.07, 6.45) is 6.27. The number of aliphatic hydroxyl groups excluding tert-OH is 1. The van der Waals surface area contributed by atoms with Gasteiger partial charge in [-0.3, -0.25) is 19.2 Å². The number of hydrogen-bond acceptors (Lipinski definition) is 12. The summed E-state index contributed by atoms with van der Waals surface area (Å²) in [6.45, 7) is 9.67. The lowest BCUT2D eigenvalue weighted by Gasteiger charge is -2.33. The Balaban J connectivity index is 1.23. The first kappa shape index (κ1) is 40.1. The van der Waals surface area contributed by atoms with Crippen LogP contribution in [0.1, 0.15) is 90.5 Å². The molecule has 56 heavy (non-hydrogen) atoms. The van der Waals surface area contributed by atoms with Gasteiger partial charge in [-0.2, -0.15) is 0 Å². The number of methoxy groups -OCH3 is 1. The summed E-state index contributed by atoms with van der Waals surface area (Å²) in [5.74, 6) is -0.322. The fourth-order valence-electron chi connectivity index (χ4n) is 8.30. The zero-order valence-electron chi connectivity index (χ0n) is 32.7. The Morgan fingerprint density at radius 2 is 1.89 bits per heavy atom. The molecule has 0 radical (unpaired) electrons. The largest absolute Gasteiger partial charge is 0.496 e. The van der Waals surface area contributed by atoms with Crippen molar-refractivity contribution in [1.29, 1.82) is 0 Å². The third-order valence-electron chi connectivity index (χ3n) is 11.9. The van der Waals surface area contributed by atoms with Crippen LogP contribution in [0.3, 0.4) is 0 Å². The average Bonchev–Trinajstić information content (AvgIpc) is 4.03. The zero-order chi connectivity index (χ0) is 40.0. The Morgan fingerprint density at radius 1 is 1.14 bits per heavy atom. The molecule has 3 amide bonds. The zero-order valence-corrected chi connectivity index (χ0v) is 33.5. The normalized spacial score (nSPS) is 30.9. The number of alkyl carbamates (subject to hydrolysis) is 1. The molecule has 1 aromatic heterocycles. The van der Waals surface area contributed by atoms with Crippen molar-refractivity contribution in [2.45, 2.75) is 133 Å². The van der Waals surface area contributed by atoms with E-state index in [1.54, 1.807) is 20.1 Å². The Bertz CT molecular complexity index is 1970. The van der Waals surface area contributed by atoms with Crippen LogP contribution in [0.2, 0.25) is 0 Å². The molecule has 1 saturated heterocycles. The molecule has 0 spiro atoms. The van der Waals surface area contributed by atoms with Gasteiger partial charge in [0.25, 0.3) is 5.91 Å². The van der Waals surface area contributed by atoms with Gasteiger partial charge in [0.05, 0.1) is 36.6 Å². The molecule has 3 heterocycles. The van der Waals surface area contributed by atoms with Crippen molar-refractivity contribution in [1.82, 2.24) is 25.2 Å². The van der Waals surface area contributed by atoms with Crippen molar-refractivity contribution in [2.24, 2.45) is 11.3 Å². The molecule has 4 bridgehead atoms. The third kappa shape index (κ3) is 8.57. The quantitative estimate of drug-likeness (QED) is 0.268. The van der Waals surface area contributed by atoms with Gasteiger partial charge < -0.3 is 34.7 Å². The van der Waals surface area contributed by atoms with Crippen molar-refractivity contribution >= 4 is 38.8 Å². The van der Waals surface area contributed by atoms with E-state index in [-0.39, 0.29) is 37.5 Å². The first-order valence-electron chi connectivity index (χ1n) is 19.8. The molecule has 4 fully saturated rings. The number of carbonyl (C=O) groups is 3. The number of benzene rings is 1. The SMILES string of the molecule is C=C[C@@H]1C[C@]1(NC(=O)[C@@H]1C[C@@H]2CN1C(O)[C@H](C)NC(=O)OCC(C)(C)CCCc1cc3c(cc(OC4CCCC4)nc3cc1OC)O2)C(=O)NS(=O)(=O)C1CC1. The van der Waals surface area contributed by atoms with Crippen LogP contribution in [0.15, 0.2) is 30.9 Å². The second-order valence-corrected chi connectivity index (χ2v) is 18.9. The highest BCUT2D eigenvalue weighted by Gasteiger charge is 2.62. The minimum Gasteiger partial charge on any atom is -0.496 e. The number of ether oxygens (including phenoxy) is 4. The molecule has 4 N–H and O–H groups in total. The maximum Gasteiger partial charge on any atom is 0.407 e. The van der Waals surface area contributed by atoms with E-state index in [2.05, 4.69) is 21.9 Å². The highest BCUT2D eigenvalue weighted by Crippen LogP contribution is 2.46. The van der Waals surface area contributed by atoms with E-state index >= 15 is 0 Å². The monoisotopic (exact) mass is 797 g/mol. The van der Waals surface area contributed by atoms with Crippen molar-refractivity contribution < 1.29 is 46.9 Å². The smallest absolute Gasteiger partial charge is 0.407 e. The van der Waals surface area contributed by atoms with Crippen LogP contribution in [-0.2, 0) is 30.8 Å². The minimum atomic E-state index is -3.89. The van der Waals surface area contributed by atoms with Gasteiger partial charge in [0, 0.05) is 36.4 Å². The number of nitrogens with one attached hydrogen (secondary N) is 3. The fraction of sp³-hybridized carbons (Fsp3) is 0.650. The summed E-state index contributed by atoms with van der Waals surface area (Å²) in [7, 11) is -2.26. The van der Waals surface area contributed by atoms with Gasteiger partial charge in [-0.05, 0) is 88.2 Å². The second kappa shape index (κ2) is 15.7. The van der Waals surface area contributed by atoms with Gasteiger partial charge in [0.1, 0.15) is 35.5 Å². The molecular formula is C40H55N5O10S. The van der Waals surface area contributed by atoms with E-state index in [4.69, 9.17) is 23.9 Å². The lowest BCUT2D eigenvalue weighted by Crippen LogP contribution is -2.59. The maximum atomic E-state index is 14.3. The van der Waals surface area contributed by atoms with E-state index in [1.807, 2.05) is 26.0 Å². The molecule has 2 unspecified atom stereocenters. The molecule has 1 aromatic carbocycles. The van der Waals surface area contributed by atoms with E-state index in [0.717, 1.165) is 49.5 Å². The summed E-state index contributed by atoms with van der Waals surface area (Å²) in [4.78, 5) is 47.3. The number of sulfonamides is 1. The molecule has 7 rings (SSSR count). The lowest BCUT2D eigenvalue weighted by molar-refractivity contribution is -0.135. The molecule has 2 aliphatic heterocycles. The van der Waals surface area contributed by atoms with E-state index in [9.17, 15) is 27.9 Å². The Hall–Kier alpha value is -4.15.